The maximum atomic E-state index is 11.4. The zero-order valence-electron chi connectivity index (χ0n) is 10.1. The van der Waals surface area contributed by atoms with Crippen molar-refractivity contribution in [2.75, 3.05) is 11.9 Å². The standard InChI is InChI=1S/C13H16N2O2/c1-10(2)7-8-17-13(16)15-12-5-3-11(9-14)4-6-12/h3-6,10H,7-8H2,1-2H3,(H,15,16). The number of benzene rings is 1. The van der Waals surface area contributed by atoms with Crippen LogP contribution in [0, 0.1) is 17.2 Å². The Bertz CT molecular complexity index is 404. The smallest absolute Gasteiger partial charge is 0.411 e. The second kappa shape index (κ2) is 6.54. The minimum Gasteiger partial charge on any atom is -0.449 e. The highest BCUT2D eigenvalue weighted by Crippen LogP contribution is 2.09. The number of amides is 1. The van der Waals surface area contributed by atoms with Gasteiger partial charge in [-0.25, -0.2) is 4.79 Å². The summed E-state index contributed by atoms with van der Waals surface area (Å²) in [6.07, 6.45) is 0.385. The summed E-state index contributed by atoms with van der Waals surface area (Å²) in [7, 11) is 0. The molecule has 1 N–H and O–H groups in total. The van der Waals surface area contributed by atoms with Crippen LogP contribution in [0.3, 0.4) is 0 Å². The van der Waals surface area contributed by atoms with Crippen LogP contribution < -0.4 is 5.32 Å². The molecule has 0 heterocycles. The molecule has 0 saturated carbocycles. The molecule has 0 aromatic heterocycles. The molecule has 1 aromatic rings. The number of nitriles is 1. The topological polar surface area (TPSA) is 62.1 Å². The van der Waals surface area contributed by atoms with Gasteiger partial charge in [-0.1, -0.05) is 13.8 Å². The van der Waals surface area contributed by atoms with E-state index < -0.39 is 6.09 Å². The lowest BCUT2D eigenvalue weighted by Gasteiger charge is -2.08. The predicted molar refractivity (Wildman–Crippen MR) is 65.6 cm³/mol. The van der Waals surface area contributed by atoms with Gasteiger partial charge in [-0.05, 0) is 36.6 Å². The van der Waals surface area contributed by atoms with Crippen molar-refractivity contribution in [3.63, 3.8) is 0 Å². The van der Waals surface area contributed by atoms with Gasteiger partial charge in [0.2, 0.25) is 0 Å². The maximum Gasteiger partial charge on any atom is 0.411 e. The average Bonchev–Trinajstić information content (AvgIpc) is 2.29. The van der Waals surface area contributed by atoms with E-state index in [0.717, 1.165) is 6.42 Å². The molecule has 0 spiro atoms. The molecule has 17 heavy (non-hydrogen) atoms. The molecule has 0 atom stereocenters. The molecule has 0 aliphatic rings. The Balaban J connectivity index is 2.37. The molecule has 4 heteroatoms. The van der Waals surface area contributed by atoms with Gasteiger partial charge in [0.15, 0.2) is 0 Å². The Morgan fingerprint density at radius 3 is 2.59 bits per heavy atom. The summed E-state index contributed by atoms with van der Waals surface area (Å²) in [4.78, 5) is 11.4. The van der Waals surface area contributed by atoms with Crippen LogP contribution in [0.15, 0.2) is 24.3 Å². The van der Waals surface area contributed by atoms with Crippen LogP contribution in [-0.2, 0) is 4.74 Å². The first kappa shape index (κ1) is 13.0. The van der Waals surface area contributed by atoms with E-state index in [1.807, 2.05) is 6.07 Å². The fraction of sp³-hybridized carbons (Fsp3) is 0.385. The number of hydrogen-bond acceptors (Lipinski definition) is 3. The molecular weight excluding hydrogens is 216 g/mol. The van der Waals surface area contributed by atoms with E-state index in [0.29, 0.717) is 23.8 Å². The van der Waals surface area contributed by atoms with E-state index >= 15 is 0 Å². The third-order valence-corrected chi connectivity index (χ3v) is 2.19. The van der Waals surface area contributed by atoms with Crippen molar-refractivity contribution in [1.29, 1.82) is 5.26 Å². The first-order valence-corrected chi connectivity index (χ1v) is 5.55. The Morgan fingerprint density at radius 2 is 2.06 bits per heavy atom. The van der Waals surface area contributed by atoms with Crippen molar-refractivity contribution in [2.24, 2.45) is 5.92 Å². The molecule has 0 unspecified atom stereocenters. The number of nitrogens with zero attached hydrogens (tertiary/aromatic N) is 1. The molecule has 0 bridgehead atoms. The lowest BCUT2D eigenvalue weighted by atomic mass is 10.1. The monoisotopic (exact) mass is 232 g/mol. The van der Waals surface area contributed by atoms with Crippen molar-refractivity contribution in [3.05, 3.63) is 29.8 Å². The number of carbonyl (C=O) groups is 1. The van der Waals surface area contributed by atoms with Crippen molar-refractivity contribution >= 4 is 11.8 Å². The molecule has 90 valence electrons. The van der Waals surface area contributed by atoms with Crippen LogP contribution >= 0.6 is 0 Å². The van der Waals surface area contributed by atoms with E-state index in [2.05, 4.69) is 19.2 Å². The number of nitrogens with one attached hydrogen (secondary N) is 1. The van der Waals surface area contributed by atoms with Crippen LogP contribution in [0.5, 0.6) is 0 Å². The van der Waals surface area contributed by atoms with Crippen LogP contribution in [0.25, 0.3) is 0 Å². The summed E-state index contributed by atoms with van der Waals surface area (Å²) in [5.41, 5.74) is 1.18. The van der Waals surface area contributed by atoms with Crippen molar-refractivity contribution in [3.8, 4) is 6.07 Å². The molecule has 0 fully saturated rings. The summed E-state index contributed by atoms with van der Waals surface area (Å²) in [6, 6.07) is 8.63. The zero-order chi connectivity index (χ0) is 12.7. The number of anilines is 1. The molecule has 1 aromatic carbocycles. The molecule has 1 amide bonds. The summed E-state index contributed by atoms with van der Waals surface area (Å²) in [6.45, 7) is 4.56. The lowest BCUT2D eigenvalue weighted by Crippen LogP contribution is -2.15. The fourth-order valence-corrected chi connectivity index (χ4v) is 1.17. The maximum absolute atomic E-state index is 11.4. The van der Waals surface area contributed by atoms with Crippen molar-refractivity contribution < 1.29 is 9.53 Å². The van der Waals surface area contributed by atoms with Gasteiger partial charge < -0.3 is 4.74 Å². The molecule has 0 saturated heterocycles. The van der Waals surface area contributed by atoms with E-state index in [4.69, 9.17) is 10.00 Å². The van der Waals surface area contributed by atoms with E-state index in [1.165, 1.54) is 0 Å². The Labute approximate surface area is 101 Å². The highest BCUT2D eigenvalue weighted by molar-refractivity contribution is 5.84. The Hall–Kier alpha value is -2.02. The van der Waals surface area contributed by atoms with E-state index in [9.17, 15) is 4.79 Å². The first-order valence-electron chi connectivity index (χ1n) is 5.55. The summed E-state index contributed by atoms with van der Waals surface area (Å²) in [5.74, 6) is 0.512. The zero-order valence-corrected chi connectivity index (χ0v) is 10.1. The number of rotatable bonds is 4. The largest absolute Gasteiger partial charge is 0.449 e. The molecular formula is C13H16N2O2. The Kier molecular flexibility index (Phi) is 5.02. The van der Waals surface area contributed by atoms with E-state index in [-0.39, 0.29) is 0 Å². The van der Waals surface area contributed by atoms with Crippen LogP contribution in [-0.4, -0.2) is 12.7 Å². The predicted octanol–water partition coefficient (Wildman–Crippen LogP) is 3.15. The van der Waals surface area contributed by atoms with Gasteiger partial charge >= 0.3 is 6.09 Å². The number of hydrogen-bond donors (Lipinski definition) is 1. The van der Waals surface area contributed by atoms with Crippen LogP contribution in [0.1, 0.15) is 25.8 Å². The van der Waals surface area contributed by atoms with Gasteiger partial charge in [-0.15, -0.1) is 0 Å². The summed E-state index contributed by atoms with van der Waals surface area (Å²) >= 11 is 0. The van der Waals surface area contributed by atoms with Gasteiger partial charge in [0, 0.05) is 5.69 Å². The minimum absolute atomic E-state index is 0.416. The van der Waals surface area contributed by atoms with Gasteiger partial charge in [0.25, 0.3) is 0 Å². The Morgan fingerprint density at radius 1 is 1.41 bits per heavy atom. The second-order valence-corrected chi connectivity index (χ2v) is 4.13. The third kappa shape index (κ3) is 5.03. The molecule has 1 rings (SSSR count). The molecule has 0 aliphatic heterocycles. The SMILES string of the molecule is CC(C)CCOC(=O)Nc1ccc(C#N)cc1. The van der Waals surface area contributed by atoms with Crippen molar-refractivity contribution in [2.45, 2.75) is 20.3 Å². The van der Waals surface area contributed by atoms with Gasteiger partial charge in [-0.2, -0.15) is 5.26 Å². The van der Waals surface area contributed by atoms with E-state index in [1.54, 1.807) is 24.3 Å². The van der Waals surface area contributed by atoms with Gasteiger partial charge in [-0.3, -0.25) is 5.32 Å². The highest BCUT2D eigenvalue weighted by atomic mass is 16.5. The normalized spacial score (nSPS) is 9.76. The first-order chi connectivity index (χ1) is 8.11. The number of ether oxygens (including phenoxy) is 1. The van der Waals surface area contributed by atoms with Gasteiger partial charge in [0.1, 0.15) is 0 Å². The fourth-order valence-electron chi connectivity index (χ4n) is 1.17. The highest BCUT2D eigenvalue weighted by Gasteiger charge is 2.03. The van der Waals surface area contributed by atoms with Gasteiger partial charge in [0.05, 0.1) is 18.2 Å². The molecule has 0 aliphatic carbocycles. The van der Waals surface area contributed by atoms with Crippen LogP contribution in [0.2, 0.25) is 0 Å². The summed E-state index contributed by atoms with van der Waals surface area (Å²) < 4.78 is 5.00. The number of carbonyl (C=O) groups excluding carboxylic acids is 1. The summed E-state index contributed by atoms with van der Waals surface area (Å²) in [5, 5.41) is 11.2. The molecule has 4 nitrogen and oxygen atoms in total. The minimum atomic E-state index is -0.463. The third-order valence-electron chi connectivity index (χ3n) is 2.19. The average molecular weight is 232 g/mol. The lowest BCUT2D eigenvalue weighted by molar-refractivity contribution is 0.155. The second-order valence-electron chi connectivity index (χ2n) is 4.13. The molecule has 0 radical (unpaired) electrons. The van der Waals surface area contributed by atoms with Crippen molar-refractivity contribution in [1.82, 2.24) is 0 Å². The van der Waals surface area contributed by atoms with Crippen LogP contribution in [0.4, 0.5) is 10.5 Å². The quantitative estimate of drug-likeness (QED) is 0.867.